The van der Waals surface area contributed by atoms with Crippen LogP contribution in [0.25, 0.3) is 10.4 Å². The second-order valence-electron chi connectivity index (χ2n) is 2.83. The molecule has 1 atom stereocenters. The topological polar surface area (TPSA) is 58.0 Å². The van der Waals surface area contributed by atoms with Crippen molar-refractivity contribution in [1.82, 2.24) is 0 Å². The molecule has 0 aromatic carbocycles. The largest absolute Gasteiger partial charge is 0.381 e. The Bertz CT molecular complexity index is 148. The molecule has 1 unspecified atom stereocenters. The quantitative estimate of drug-likeness (QED) is 0.350. The van der Waals surface area contributed by atoms with Gasteiger partial charge in [-0.2, -0.15) is 0 Å². The van der Waals surface area contributed by atoms with E-state index in [4.69, 9.17) is 10.3 Å². The maximum atomic E-state index is 8.02. The maximum absolute atomic E-state index is 8.02. The molecule has 1 saturated heterocycles. The zero-order valence-electron chi connectivity index (χ0n) is 6.57. The Morgan fingerprint density at radius 2 is 2.55 bits per heavy atom. The molecule has 11 heavy (non-hydrogen) atoms. The minimum atomic E-state index is 0.616. The first kappa shape index (κ1) is 8.37. The van der Waals surface area contributed by atoms with Crippen molar-refractivity contribution in [3.05, 3.63) is 10.4 Å². The van der Waals surface area contributed by atoms with E-state index in [0.717, 1.165) is 26.1 Å². The van der Waals surface area contributed by atoms with E-state index in [2.05, 4.69) is 10.0 Å². The number of azide groups is 1. The lowest BCUT2D eigenvalue weighted by Crippen LogP contribution is -2.17. The molecular weight excluding hydrogens is 142 g/mol. The summed E-state index contributed by atoms with van der Waals surface area (Å²) in [6, 6.07) is 0. The Morgan fingerprint density at radius 1 is 1.64 bits per heavy atom. The first-order valence-corrected chi connectivity index (χ1v) is 4.02. The van der Waals surface area contributed by atoms with E-state index >= 15 is 0 Å². The number of hydrogen-bond acceptors (Lipinski definition) is 2. The summed E-state index contributed by atoms with van der Waals surface area (Å²) in [7, 11) is 0. The molecule has 1 rings (SSSR count). The number of hydrogen-bond donors (Lipinski definition) is 0. The second kappa shape index (κ2) is 4.99. The summed E-state index contributed by atoms with van der Waals surface area (Å²) in [5.74, 6) is 0.620. The molecule has 0 aromatic rings. The van der Waals surface area contributed by atoms with Gasteiger partial charge < -0.3 is 4.74 Å². The van der Waals surface area contributed by atoms with Crippen LogP contribution in [0, 0.1) is 5.92 Å². The SMILES string of the molecule is [N-]=[N+]=NCCC1CCCOC1. The summed E-state index contributed by atoms with van der Waals surface area (Å²) in [6.45, 7) is 2.36. The first-order valence-electron chi connectivity index (χ1n) is 4.02. The molecule has 0 amide bonds. The third-order valence-corrected chi connectivity index (χ3v) is 1.96. The molecule has 1 heterocycles. The average Bonchev–Trinajstić information content (AvgIpc) is 2.07. The molecule has 0 saturated carbocycles. The highest BCUT2D eigenvalue weighted by Gasteiger charge is 2.12. The van der Waals surface area contributed by atoms with Gasteiger partial charge in [0.2, 0.25) is 0 Å². The molecule has 1 fully saturated rings. The van der Waals surface area contributed by atoms with Crippen LogP contribution in [0.5, 0.6) is 0 Å². The summed E-state index contributed by atoms with van der Waals surface area (Å²) in [5, 5.41) is 3.49. The predicted molar refractivity (Wildman–Crippen MR) is 42.2 cm³/mol. The molecule has 0 bridgehead atoms. The van der Waals surface area contributed by atoms with Crippen LogP contribution in [0.4, 0.5) is 0 Å². The van der Waals surface area contributed by atoms with Crippen molar-refractivity contribution in [2.45, 2.75) is 19.3 Å². The zero-order valence-corrected chi connectivity index (χ0v) is 6.57. The van der Waals surface area contributed by atoms with Crippen molar-refractivity contribution >= 4 is 0 Å². The molecule has 0 N–H and O–H groups in total. The number of rotatable bonds is 3. The lowest BCUT2D eigenvalue weighted by molar-refractivity contribution is 0.0526. The normalized spacial score (nSPS) is 24.2. The molecule has 1 aliphatic rings. The molecule has 4 heteroatoms. The smallest absolute Gasteiger partial charge is 0.0494 e. The van der Waals surface area contributed by atoms with Gasteiger partial charge in [-0.15, -0.1) is 0 Å². The fourth-order valence-corrected chi connectivity index (χ4v) is 1.32. The van der Waals surface area contributed by atoms with Gasteiger partial charge in [0.1, 0.15) is 0 Å². The lowest BCUT2D eigenvalue weighted by atomic mass is 9.99. The second-order valence-corrected chi connectivity index (χ2v) is 2.83. The van der Waals surface area contributed by atoms with Gasteiger partial charge in [0.25, 0.3) is 0 Å². The van der Waals surface area contributed by atoms with Gasteiger partial charge in [-0.25, -0.2) is 0 Å². The standard InChI is InChI=1S/C7H13N3O/c8-10-9-4-3-7-2-1-5-11-6-7/h7H,1-6H2. The molecular formula is C7H13N3O. The van der Waals surface area contributed by atoms with Crippen LogP contribution in [0.1, 0.15) is 19.3 Å². The van der Waals surface area contributed by atoms with Gasteiger partial charge in [0, 0.05) is 24.7 Å². The highest BCUT2D eigenvalue weighted by Crippen LogP contribution is 2.16. The number of ether oxygens (including phenoxy) is 1. The molecule has 4 nitrogen and oxygen atoms in total. The molecule has 0 spiro atoms. The Hall–Kier alpha value is -0.730. The van der Waals surface area contributed by atoms with Crippen molar-refractivity contribution in [2.75, 3.05) is 19.8 Å². The summed E-state index contributed by atoms with van der Waals surface area (Å²) >= 11 is 0. The highest BCUT2D eigenvalue weighted by molar-refractivity contribution is 4.64. The Labute approximate surface area is 66.2 Å². The Morgan fingerprint density at radius 3 is 3.18 bits per heavy atom. The van der Waals surface area contributed by atoms with E-state index in [0.29, 0.717) is 12.5 Å². The maximum Gasteiger partial charge on any atom is 0.0494 e. The van der Waals surface area contributed by atoms with Crippen LogP contribution < -0.4 is 0 Å². The van der Waals surface area contributed by atoms with Crippen molar-refractivity contribution < 1.29 is 4.74 Å². The highest BCUT2D eigenvalue weighted by atomic mass is 16.5. The van der Waals surface area contributed by atoms with Crippen LogP contribution in [0.3, 0.4) is 0 Å². The van der Waals surface area contributed by atoms with E-state index in [1.165, 1.54) is 6.42 Å². The van der Waals surface area contributed by atoms with E-state index in [1.807, 2.05) is 0 Å². The fourth-order valence-electron chi connectivity index (χ4n) is 1.32. The van der Waals surface area contributed by atoms with Crippen molar-refractivity contribution in [1.29, 1.82) is 0 Å². The fraction of sp³-hybridized carbons (Fsp3) is 1.00. The van der Waals surface area contributed by atoms with Crippen LogP contribution in [-0.4, -0.2) is 19.8 Å². The summed E-state index contributed by atoms with van der Waals surface area (Å²) < 4.78 is 5.28. The average molecular weight is 155 g/mol. The summed E-state index contributed by atoms with van der Waals surface area (Å²) in [6.07, 6.45) is 3.35. The monoisotopic (exact) mass is 155 g/mol. The Balaban J connectivity index is 2.09. The minimum Gasteiger partial charge on any atom is -0.381 e. The third-order valence-electron chi connectivity index (χ3n) is 1.96. The zero-order chi connectivity index (χ0) is 7.94. The van der Waals surface area contributed by atoms with Crippen LogP contribution in [0.2, 0.25) is 0 Å². The van der Waals surface area contributed by atoms with Crippen molar-refractivity contribution in [3.8, 4) is 0 Å². The van der Waals surface area contributed by atoms with Crippen LogP contribution in [-0.2, 0) is 4.74 Å². The molecule has 0 aliphatic carbocycles. The lowest BCUT2D eigenvalue weighted by Gasteiger charge is -2.20. The molecule has 0 radical (unpaired) electrons. The third kappa shape index (κ3) is 3.25. The molecule has 0 aromatic heterocycles. The Kier molecular flexibility index (Phi) is 3.80. The van der Waals surface area contributed by atoms with E-state index in [9.17, 15) is 0 Å². The predicted octanol–water partition coefficient (Wildman–Crippen LogP) is 2.11. The van der Waals surface area contributed by atoms with E-state index < -0.39 is 0 Å². The van der Waals surface area contributed by atoms with Crippen LogP contribution >= 0.6 is 0 Å². The summed E-state index contributed by atoms with van der Waals surface area (Å²) in [5.41, 5.74) is 8.02. The van der Waals surface area contributed by atoms with Gasteiger partial charge in [-0.3, -0.25) is 0 Å². The van der Waals surface area contributed by atoms with Gasteiger partial charge >= 0.3 is 0 Å². The van der Waals surface area contributed by atoms with Gasteiger partial charge in [-0.05, 0) is 30.7 Å². The van der Waals surface area contributed by atoms with Gasteiger partial charge in [0.05, 0.1) is 0 Å². The van der Waals surface area contributed by atoms with Crippen LogP contribution in [0.15, 0.2) is 5.11 Å². The first-order chi connectivity index (χ1) is 5.43. The summed E-state index contributed by atoms with van der Waals surface area (Å²) in [4.78, 5) is 2.70. The van der Waals surface area contributed by atoms with Crippen molar-refractivity contribution in [2.24, 2.45) is 11.0 Å². The minimum absolute atomic E-state index is 0.616. The van der Waals surface area contributed by atoms with Gasteiger partial charge in [0.15, 0.2) is 0 Å². The van der Waals surface area contributed by atoms with Gasteiger partial charge in [-0.1, -0.05) is 5.11 Å². The van der Waals surface area contributed by atoms with E-state index in [-0.39, 0.29) is 0 Å². The molecule has 1 aliphatic heterocycles. The molecule has 62 valence electrons. The van der Waals surface area contributed by atoms with E-state index in [1.54, 1.807) is 0 Å². The number of nitrogens with zero attached hydrogens (tertiary/aromatic N) is 3. The van der Waals surface area contributed by atoms with Crippen molar-refractivity contribution in [3.63, 3.8) is 0 Å².